The van der Waals surface area contributed by atoms with Crippen molar-refractivity contribution in [2.45, 2.75) is 38.3 Å². The Labute approximate surface area is 125 Å². The minimum Gasteiger partial charge on any atom is -0.316 e. The minimum absolute atomic E-state index is 0.176. The van der Waals surface area contributed by atoms with Crippen molar-refractivity contribution in [1.29, 1.82) is 0 Å². The van der Waals surface area contributed by atoms with Crippen LogP contribution in [0.1, 0.15) is 31.2 Å². The molecule has 110 valence electrons. The molecule has 0 amide bonds. The summed E-state index contributed by atoms with van der Waals surface area (Å²) >= 11 is 6.16. The van der Waals surface area contributed by atoms with Gasteiger partial charge in [-0.25, -0.2) is 4.39 Å². The van der Waals surface area contributed by atoms with Crippen LogP contribution in [0.2, 0.25) is 5.02 Å². The van der Waals surface area contributed by atoms with E-state index in [-0.39, 0.29) is 5.82 Å². The number of nitrogens with one attached hydrogen (secondary N) is 1. The molecule has 4 heteroatoms. The van der Waals surface area contributed by atoms with E-state index in [1.165, 1.54) is 31.7 Å². The molecule has 1 aliphatic carbocycles. The number of benzene rings is 1. The van der Waals surface area contributed by atoms with Crippen molar-refractivity contribution in [3.8, 4) is 0 Å². The van der Waals surface area contributed by atoms with Gasteiger partial charge >= 0.3 is 0 Å². The summed E-state index contributed by atoms with van der Waals surface area (Å²) in [6, 6.07) is 5.60. The lowest BCUT2D eigenvalue weighted by molar-refractivity contribution is 0.191. The van der Waals surface area contributed by atoms with Gasteiger partial charge in [-0.15, -0.1) is 0 Å². The quantitative estimate of drug-likeness (QED) is 0.895. The van der Waals surface area contributed by atoms with E-state index in [2.05, 4.69) is 10.2 Å². The second-order valence-electron chi connectivity index (χ2n) is 6.07. The van der Waals surface area contributed by atoms with Crippen LogP contribution in [0.25, 0.3) is 0 Å². The number of halogens is 2. The van der Waals surface area contributed by atoms with Crippen LogP contribution in [-0.2, 0) is 6.54 Å². The fraction of sp³-hybridized carbons (Fsp3) is 0.625. The second-order valence-corrected chi connectivity index (χ2v) is 6.48. The third-order valence-corrected chi connectivity index (χ3v) is 4.73. The van der Waals surface area contributed by atoms with Crippen LogP contribution in [0.5, 0.6) is 0 Å². The number of piperidine rings is 1. The molecule has 1 aromatic carbocycles. The SMILES string of the molecule is Fc1cccc(Cl)c1CN(CC1CCCNC1)C1CC1. The zero-order chi connectivity index (χ0) is 13.9. The van der Waals surface area contributed by atoms with Crippen LogP contribution in [-0.4, -0.2) is 30.6 Å². The molecule has 2 fully saturated rings. The first kappa shape index (κ1) is 14.3. The molecule has 1 aliphatic heterocycles. The molecule has 1 atom stereocenters. The lowest BCUT2D eigenvalue weighted by Gasteiger charge is -2.30. The van der Waals surface area contributed by atoms with E-state index < -0.39 is 0 Å². The summed E-state index contributed by atoms with van der Waals surface area (Å²) < 4.78 is 13.9. The van der Waals surface area contributed by atoms with Crippen LogP contribution < -0.4 is 5.32 Å². The standard InChI is InChI=1S/C16H22ClFN2/c17-15-4-1-5-16(18)14(15)11-20(13-6-7-13)10-12-3-2-8-19-9-12/h1,4-5,12-13,19H,2-3,6-11H2. The van der Waals surface area contributed by atoms with E-state index in [0.717, 1.165) is 19.6 Å². The van der Waals surface area contributed by atoms with Crippen molar-refractivity contribution in [1.82, 2.24) is 10.2 Å². The van der Waals surface area contributed by atoms with Gasteiger partial charge in [0.25, 0.3) is 0 Å². The number of hydrogen-bond acceptors (Lipinski definition) is 2. The first-order valence-corrected chi connectivity index (χ1v) is 7.99. The maximum Gasteiger partial charge on any atom is 0.129 e. The Morgan fingerprint density at radius 2 is 2.15 bits per heavy atom. The molecule has 0 radical (unpaired) electrons. The maximum absolute atomic E-state index is 13.9. The summed E-state index contributed by atoms with van der Waals surface area (Å²) in [5, 5.41) is 4.01. The largest absolute Gasteiger partial charge is 0.316 e. The highest BCUT2D eigenvalue weighted by Gasteiger charge is 2.31. The molecule has 1 heterocycles. The van der Waals surface area contributed by atoms with Crippen LogP contribution >= 0.6 is 11.6 Å². The van der Waals surface area contributed by atoms with E-state index >= 15 is 0 Å². The molecular weight excluding hydrogens is 275 g/mol. The Hall–Kier alpha value is -0.640. The molecule has 0 spiro atoms. The van der Waals surface area contributed by atoms with Gasteiger partial charge in [-0.3, -0.25) is 4.90 Å². The summed E-state index contributed by atoms with van der Waals surface area (Å²) in [7, 11) is 0. The van der Waals surface area contributed by atoms with E-state index in [0.29, 0.717) is 29.1 Å². The third kappa shape index (κ3) is 3.51. The Balaban J connectivity index is 1.68. The van der Waals surface area contributed by atoms with Crippen molar-refractivity contribution in [2.75, 3.05) is 19.6 Å². The van der Waals surface area contributed by atoms with Crippen LogP contribution in [0.4, 0.5) is 4.39 Å². The Morgan fingerprint density at radius 1 is 1.30 bits per heavy atom. The number of nitrogens with zero attached hydrogens (tertiary/aromatic N) is 1. The highest BCUT2D eigenvalue weighted by Crippen LogP contribution is 2.32. The van der Waals surface area contributed by atoms with Gasteiger partial charge in [-0.1, -0.05) is 17.7 Å². The van der Waals surface area contributed by atoms with Gasteiger partial charge in [-0.05, 0) is 56.8 Å². The third-order valence-electron chi connectivity index (χ3n) is 4.38. The molecule has 20 heavy (non-hydrogen) atoms. The van der Waals surface area contributed by atoms with Crippen LogP contribution in [0.3, 0.4) is 0 Å². The van der Waals surface area contributed by atoms with Gasteiger partial charge in [0.15, 0.2) is 0 Å². The summed E-state index contributed by atoms with van der Waals surface area (Å²) in [5.74, 6) is 0.514. The van der Waals surface area contributed by atoms with Gasteiger partial charge in [0, 0.05) is 29.7 Å². The van der Waals surface area contributed by atoms with Gasteiger partial charge in [-0.2, -0.15) is 0 Å². The Kier molecular flexibility index (Phi) is 4.59. The number of hydrogen-bond donors (Lipinski definition) is 1. The number of rotatable bonds is 5. The molecule has 0 aromatic heterocycles. The zero-order valence-corrected chi connectivity index (χ0v) is 12.5. The van der Waals surface area contributed by atoms with Crippen molar-refractivity contribution in [2.24, 2.45) is 5.92 Å². The normalized spacial score (nSPS) is 23.2. The highest BCUT2D eigenvalue weighted by molar-refractivity contribution is 6.31. The molecule has 3 rings (SSSR count). The smallest absolute Gasteiger partial charge is 0.129 e. The Morgan fingerprint density at radius 3 is 2.80 bits per heavy atom. The molecule has 1 unspecified atom stereocenters. The average Bonchev–Trinajstić information content (AvgIpc) is 3.27. The molecule has 1 N–H and O–H groups in total. The highest BCUT2D eigenvalue weighted by atomic mass is 35.5. The average molecular weight is 297 g/mol. The summed E-state index contributed by atoms with van der Waals surface area (Å²) in [6.45, 7) is 3.93. The van der Waals surface area contributed by atoms with Crippen molar-refractivity contribution < 1.29 is 4.39 Å². The summed E-state index contributed by atoms with van der Waals surface area (Å²) in [4.78, 5) is 2.43. The molecule has 1 saturated carbocycles. The van der Waals surface area contributed by atoms with Gasteiger partial charge in [0.2, 0.25) is 0 Å². The van der Waals surface area contributed by atoms with E-state index in [1.54, 1.807) is 12.1 Å². The predicted octanol–water partition coefficient (Wildman–Crippen LogP) is 3.44. The van der Waals surface area contributed by atoms with E-state index in [4.69, 9.17) is 11.6 Å². The first-order valence-electron chi connectivity index (χ1n) is 7.61. The molecule has 0 bridgehead atoms. The van der Waals surface area contributed by atoms with Gasteiger partial charge in [0.05, 0.1) is 0 Å². The van der Waals surface area contributed by atoms with Gasteiger partial charge < -0.3 is 5.32 Å². The molecular formula is C16H22ClFN2. The predicted molar refractivity (Wildman–Crippen MR) is 80.4 cm³/mol. The van der Waals surface area contributed by atoms with E-state index in [1.807, 2.05) is 0 Å². The van der Waals surface area contributed by atoms with Crippen molar-refractivity contribution in [3.05, 3.63) is 34.6 Å². The monoisotopic (exact) mass is 296 g/mol. The molecule has 1 saturated heterocycles. The lowest BCUT2D eigenvalue weighted by atomic mass is 9.98. The fourth-order valence-electron chi connectivity index (χ4n) is 3.08. The first-order chi connectivity index (χ1) is 9.74. The van der Waals surface area contributed by atoms with Crippen molar-refractivity contribution in [3.63, 3.8) is 0 Å². The van der Waals surface area contributed by atoms with Gasteiger partial charge in [0.1, 0.15) is 5.82 Å². The molecule has 2 nitrogen and oxygen atoms in total. The van der Waals surface area contributed by atoms with E-state index in [9.17, 15) is 4.39 Å². The van der Waals surface area contributed by atoms with Crippen molar-refractivity contribution >= 4 is 11.6 Å². The lowest BCUT2D eigenvalue weighted by Crippen LogP contribution is -2.39. The minimum atomic E-state index is -0.176. The molecule has 2 aliphatic rings. The van der Waals surface area contributed by atoms with Crippen LogP contribution in [0.15, 0.2) is 18.2 Å². The summed E-state index contributed by atoms with van der Waals surface area (Å²) in [6.07, 6.45) is 5.02. The summed E-state index contributed by atoms with van der Waals surface area (Å²) in [5.41, 5.74) is 0.657. The second kappa shape index (κ2) is 6.42. The zero-order valence-electron chi connectivity index (χ0n) is 11.7. The fourth-order valence-corrected chi connectivity index (χ4v) is 3.30. The topological polar surface area (TPSA) is 15.3 Å². The van der Waals surface area contributed by atoms with Crippen LogP contribution in [0, 0.1) is 11.7 Å². The molecule has 1 aromatic rings. The maximum atomic E-state index is 13.9. The Bertz CT molecular complexity index is 436.